The summed E-state index contributed by atoms with van der Waals surface area (Å²) < 4.78 is 5.66. The zero-order valence-corrected chi connectivity index (χ0v) is 15.8. The number of hydrogen-bond donors (Lipinski definition) is 1. The molecular formula is C17H21ClN3O2S+. The van der Waals surface area contributed by atoms with Crippen molar-refractivity contribution in [1.82, 2.24) is 10.2 Å². The van der Waals surface area contributed by atoms with Gasteiger partial charge in [0.05, 0.1) is 0 Å². The smallest absolute Gasteiger partial charge is 0.230 e. The maximum Gasteiger partial charge on any atom is 0.230 e. The molecule has 0 fully saturated rings. The summed E-state index contributed by atoms with van der Waals surface area (Å²) in [4.78, 5) is 13.1. The number of aromatic nitrogens is 2. The van der Waals surface area contributed by atoms with E-state index in [0.717, 1.165) is 16.9 Å². The van der Waals surface area contributed by atoms with E-state index in [4.69, 9.17) is 15.8 Å². The van der Waals surface area contributed by atoms with Gasteiger partial charge in [0.1, 0.15) is 6.61 Å². The summed E-state index contributed by atoms with van der Waals surface area (Å²) in [5.41, 5.74) is 1.37. The van der Waals surface area contributed by atoms with Gasteiger partial charge in [-0.25, -0.2) is 0 Å². The van der Waals surface area contributed by atoms with Crippen molar-refractivity contribution in [2.24, 2.45) is 5.41 Å². The fourth-order valence-electron chi connectivity index (χ4n) is 1.66. The van der Waals surface area contributed by atoms with E-state index < -0.39 is 5.41 Å². The van der Waals surface area contributed by atoms with Crippen LogP contribution >= 0.6 is 11.6 Å². The van der Waals surface area contributed by atoms with Gasteiger partial charge >= 0.3 is 0 Å². The molecule has 0 aliphatic rings. The molecule has 5 nitrogen and oxygen atoms in total. The highest BCUT2D eigenvalue weighted by Crippen LogP contribution is 2.20. The van der Waals surface area contributed by atoms with Crippen LogP contribution in [0.4, 0.5) is 5.82 Å². The molecule has 1 heterocycles. The Labute approximate surface area is 151 Å². The molecule has 24 heavy (non-hydrogen) atoms. The molecule has 0 spiro atoms. The second-order valence-corrected chi connectivity index (χ2v) is 7.77. The fourth-order valence-corrected chi connectivity index (χ4v) is 2.43. The summed E-state index contributed by atoms with van der Waals surface area (Å²) in [5.74, 6) is 0.230. The number of aryl methyl sites for hydroxylation is 1. The van der Waals surface area contributed by atoms with E-state index in [9.17, 15) is 4.79 Å². The Morgan fingerprint density at radius 3 is 2.54 bits per heavy atom. The van der Waals surface area contributed by atoms with Gasteiger partial charge in [-0.1, -0.05) is 50.1 Å². The molecule has 2 rings (SSSR count). The Bertz CT molecular complexity index is 715. The summed E-state index contributed by atoms with van der Waals surface area (Å²) >= 11 is 6.79. The van der Waals surface area contributed by atoms with Crippen molar-refractivity contribution < 1.29 is 8.98 Å². The SMILES string of the molecule is Cc1ccc([SH+]OCc2cc(NC(=O)C(C)(C)C)nnc2Cl)cc1. The lowest BCUT2D eigenvalue weighted by atomic mass is 9.96. The van der Waals surface area contributed by atoms with Gasteiger partial charge in [-0.3, -0.25) is 4.79 Å². The molecule has 0 unspecified atom stereocenters. The molecule has 0 radical (unpaired) electrons. The lowest BCUT2D eigenvalue weighted by Crippen LogP contribution is -2.28. The van der Waals surface area contributed by atoms with Crippen molar-refractivity contribution in [1.29, 1.82) is 0 Å². The van der Waals surface area contributed by atoms with Crippen LogP contribution in [0.25, 0.3) is 0 Å². The van der Waals surface area contributed by atoms with E-state index in [-0.39, 0.29) is 17.7 Å². The number of rotatable bonds is 5. The van der Waals surface area contributed by atoms with E-state index in [1.807, 2.05) is 52.0 Å². The van der Waals surface area contributed by atoms with Crippen molar-refractivity contribution in [3.8, 4) is 0 Å². The largest absolute Gasteiger partial charge is 0.309 e. The first-order valence-electron chi connectivity index (χ1n) is 7.49. The summed E-state index contributed by atoms with van der Waals surface area (Å²) in [5, 5.41) is 10.8. The van der Waals surface area contributed by atoms with Crippen molar-refractivity contribution in [3.05, 3.63) is 46.6 Å². The third kappa shape index (κ3) is 5.47. The van der Waals surface area contributed by atoms with E-state index in [2.05, 4.69) is 15.5 Å². The predicted octanol–water partition coefficient (Wildman–Crippen LogP) is 3.73. The molecule has 0 aliphatic heterocycles. The topological polar surface area (TPSA) is 64.1 Å². The van der Waals surface area contributed by atoms with E-state index in [0.29, 0.717) is 11.4 Å². The van der Waals surface area contributed by atoms with Crippen LogP contribution < -0.4 is 5.32 Å². The maximum absolute atomic E-state index is 12.0. The minimum atomic E-state index is -0.512. The Kier molecular flexibility index (Phi) is 6.21. The number of amides is 1. The Morgan fingerprint density at radius 2 is 1.92 bits per heavy atom. The van der Waals surface area contributed by atoms with E-state index in [1.165, 1.54) is 5.56 Å². The minimum absolute atomic E-state index is 0.135. The van der Waals surface area contributed by atoms with Gasteiger partial charge in [0.25, 0.3) is 0 Å². The number of hydrogen-bond acceptors (Lipinski definition) is 4. The van der Waals surface area contributed by atoms with Crippen LogP contribution in [0.5, 0.6) is 0 Å². The second-order valence-electron chi connectivity index (χ2n) is 6.45. The molecule has 0 bridgehead atoms. The molecule has 0 saturated carbocycles. The highest BCUT2D eigenvalue weighted by molar-refractivity contribution is 7.73. The monoisotopic (exact) mass is 366 g/mol. The van der Waals surface area contributed by atoms with Gasteiger partial charge in [-0.15, -0.1) is 10.2 Å². The van der Waals surface area contributed by atoms with Gasteiger partial charge in [0.15, 0.2) is 27.9 Å². The van der Waals surface area contributed by atoms with Gasteiger partial charge in [0.2, 0.25) is 5.91 Å². The van der Waals surface area contributed by atoms with Gasteiger partial charge in [-0.05, 0) is 25.1 Å². The predicted molar refractivity (Wildman–Crippen MR) is 98.1 cm³/mol. The third-order valence-corrected chi connectivity index (χ3v) is 4.25. The number of nitrogens with zero attached hydrogens (tertiary/aromatic N) is 2. The second kappa shape index (κ2) is 7.96. The first-order chi connectivity index (χ1) is 11.3. The number of thiol groups is 1. The molecule has 0 atom stereocenters. The van der Waals surface area contributed by atoms with Crippen LogP contribution in [0.2, 0.25) is 5.15 Å². The van der Waals surface area contributed by atoms with Crippen molar-refractivity contribution >= 4 is 35.4 Å². The van der Waals surface area contributed by atoms with Crippen molar-refractivity contribution in [2.45, 2.75) is 39.2 Å². The molecule has 1 aromatic heterocycles. The first-order valence-corrected chi connectivity index (χ1v) is 8.68. The van der Waals surface area contributed by atoms with Crippen LogP contribution in [0.15, 0.2) is 35.2 Å². The lowest BCUT2D eigenvalue weighted by molar-refractivity contribution is -0.123. The molecule has 128 valence electrons. The highest BCUT2D eigenvalue weighted by atomic mass is 35.5. The van der Waals surface area contributed by atoms with Crippen LogP contribution in [0.3, 0.4) is 0 Å². The number of benzene rings is 1. The third-order valence-electron chi connectivity index (χ3n) is 3.17. The molecule has 0 saturated heterocycles. The zero-order valence-electron chi connectivity index (χ0n) is 14.1. The highest BCUT2D eigenvalue weighted by Gasteiger charge is 2.22. The van der Waals surface area contributed by atoms with E-state index in [1.54, 1.807) is 6.07 Å². The molecule has 7 heteroatoms. The van der Waals surface area contributed by atoms with Crippen LogP contribution in [-0.4, -0.2) is 16.1 Å². The van der Waals surface area contributed by atoms with E-state index >= 15 is 0 Å². The normalized spacial score (nSPS) is 11.4. The summed E-state index contributed by atoms with van der Waals surface area (Å²) in [6.07, 6.45) is 0. The molecule has 1 N–H and O–H groups in total. The van der Waals surface area contributed by atoms with Crippen LogP contribution in [0, 0.1) is 12.3 Å². The summed E-state index contributed by atoms with van der Waals surface area (Å²) in [7, 11) is 0. The average molecular weight is 367 g/mol. The number of halogens is 1. The van der Waals surface area contributed by atoms with Crippen molar-refractivity contribution in [2.75, 3.05) is 5.32 Å². The minimum Gasteiger partial charge on any atom is -0.309 e. The molecule has 0 aliphatic carbocycles. The molecule has 2 aromatic rings. The quantitative estimate of drug-likeness (QED) is 0.646. The van der Waals surface area contributed by atoms with Crippen LogP contribution in [-0.2, 0) is 27.6 Å². The number of anilines is 1. The number of carbonyl (C=O) groups is 1. The fraction of sp³-hybridized carbons (Fsp3) is 0.353. The van der Waals surface area contributed by atoms with Gasteiger partial charge in [-0.2, -0.15) is 4.18 Å². The number of nitrogens with one attached hydrogen (secondary N) is 1. The Hall–Kier alpha value is -1.63. The maximum atomic E-state index is 12.0. The molecule has 1 aromatic carbocycles. The molecule has 1 amide bonds. The Morgan fingerprint density at radius 1 is 1.25 bits per heavy atom. The summed E-state index contributed by atoms with van der Waals surface area (Å²) in [6, 6.07) is 9.78. The average Bonchev–Trinajstić information content (AvgIpc) is 2.51. The van der Waals surface area contributed by atoms with Gasteiger partial charge < -0.3 is 5.32 Å². The Balaban J connectivity index is 1.98. The number of carbonyl (C=O) groups excluding carboxylic acids is 1. The standard InChI is InChI=1S/C17H20ClN3O2S/c1-11-5-7-13(8-6-11)24-23-10-12-9-14(20-21-15(12)18)19-16(22)17(2,3)4/h5-9H,10H2,1-4H3,(H,19,20,22)/p+1. The van der Waals surface area contributed by atoms with Crippen LogP contribution in [0.1, 0.15) is 31.9 Å². The zero-order chi connectivity index (χ0) is 17.7. The summed E-state index contributed by atoms with van der Waals surface area (Å²) in [6.45, 7) is 7.81. The van der Waals surface area contributed by atoms with Gasteiger partial charge in [0, 0.05) is 11.0 Å². The molecular weight excluding hydrogens is 346 g/mol. The lowest BCUT2D eigenvalue weighted by Gasteiger charge is -2.17. The first kappa shape index (κ1) is 18.7. The van der Waals surface area contributed by atoms with Crippen molar-refractivity contribution in [3.63, 3.8) is 0 Å².